The van der Waals surface area contributed by atoms with Crippen LogP contribution in [0.5, 0.6) is 5.75 Å². The van der Waals surface area contributed by atoms with Crippen molar-refractivity contribution >= 4 is 39.1 Å². The van der Waals surface area contributed by atoms with Crippen LogP contribution in [0.15, 0.2) is 42.5 Å². The van der Waals surface area contributed by atoms with Gasteiger partial charge in [-0.05, 0) is 76.1 Å². The van der Waals surface area contributed by atoms with Crippen LogP contribution in [0.3, 0.4) is 0 Å². The van der Waals surface area contributed by atoms with Gasteiger partial charge < -0.3 is 15.0 Å². The third kappa shape index (κ3) is 8.14. The van der Waals surface area contributed by atoms with Crippen molar-refractivity contribution in [2.45, 2.75) is 52.7 Å². The molecule has 1 atom stereocenters. The molecule has 0 spiro atoms. The van der Waals surface area contributed by atoms with Crippen LogP contribution in [-0.4, -0.2) is 56.6 Å². The molecule has 2 aromatic rings. The molecule has 192 valence electrons. The monoisotopic (exact) mass is 523 g/mol. The summed E-state index contributed by atoms with van der Waals surface area (Å²) >= 11 is 6.04. The van der Waals surface area contributed by atoms with Gasteiger partial charge in [0.1, 0.15) is 18.3 Å². The zero-order valence-electron chi connectivity index (χ0n) is 21.3. The number of methoxy groups -OCH3 is 1. The number of halogens is 1. The summed E-state index contributed by atoms with van der Waals surface area (Å²) in [6, 6.07) is 11.1. The van der Waals surface area contributed by atoms with E-state index in [9.17, 15) is 18.0 Å². The summed E-state index contributed by atoms with van der Waals surface area (Å²) in [5, 5.41) is 3.35. The predicted octanol–water partition coefficient (Wildman–Crippen LogP) is 3.76. The highest BCUT2D eigenvalue weighted by Crippen LogP contribution is 2.26. The Morgan fingerprint density at radius 3 is 2.34 bits per heavy atom. The Morgan fingerprint density at radius 1 is 1.14 bits per heavy atom. The standard InChI is InChI=1S/C25H34ClN3O5S/c1-17-13-20(26)11-12-22(17)29(35(7,32)33)16-23(30)28(18(2)24(31)27-25(3,4)5)15-19-9-8-10-21(14-19)34-6/h8-14,18H,15-16H2,1-7H3,(H,27,31). The smallest absolute Gasteiger partial charge is 0.244 e. The number of hydrogen-bond donors (Lipinski definition) is 1. The van der Waals surface area contributed by atoms with E-state index in [0.29, 0.717) is 22.0 Å². The highest BCUT2D eigenvalue weighted by Gasteiger charge is 2.31. The zero-order chi connectivity index (χ0) is 26.6. The molecule has 0 bridgehead atoms. The van der Waals surface area contributed by atoms with Crippen molar-refractivity contribution < 1.29 is 22.7 Å². The molecule has 1 N–H and O–H groups in total. The molecule has 0 aliphatic rings. The van der Waals surface area contributed by atoms with Crippen LogP contribution in [0.2, 0.25) is 5.02 Å². The summed E-state index contributed by atoms with van der Waals surface area (Å²) in [7, 11) is -2.28. The first kappa shape index (κ1) is 28.5. The number of sulfonamides is 1. The second-order valence-electron chi connectivity index (χ2n) is 9.49. The number of amides is 2. The summed E-state index contributed by atoms with van der Waals surface area (Å²) in [6.45, 7) is 8.50. The number of benzene rings is 2. The average Bonchev–Trinajstić information content (AvgIpc) is 2.74. The Labute approximate surface area is 213 Å². The fourth-order valence-corrected chi connectivity index (χ4v) is 4.65. The van der Waals surface area contributed by atoms with Gasteiger partial charge in [-0.15, -0.1) is 0 Å². The minimum atomic E-state index is -3.82. The summed E-state index contributed by atoms with van der Waals surface area (Å²) in [4.78, 5) is 28.0. The van der Waals surface area contributed by atoms with Crippen LogP contribution < -0.4 is 14.4 Å². The van der Waals surface area contributed by atoms with Crippen LogP contribution in [0.1, 0.15) is 38.8 Å². The van der Waals surface area contributed by atoms with Crippen molar-refractivity contribution in [1.29, 1.82) is 0 Å². The van der Waals surface area contributed by atoms with Crippen LogP contribution in [0, 0.1) is 6.92 Å². The van der Waals surface area contributed by atoms with Gasteiger partial charge in [-0.25, -0.2) is 8.42 Å². The molecular weight excluding hydrogens is 490 g/mol. The lowest BCUT2D eigenvalue weighted by Gasteiger charge is -2.33. The third-order valence-corrected chi connectivity index (χ3v) is 6.62. The fourth-order valence-electron chi connectivity index (χ4n) is 3.52. The predicted molar refractivity (Wildman–Crippen MR) is 139 cm³/mol. The lowest BCUT2D eigenvalue weighted by Crippen LogP contribution is -2.54. The maximum atomic E-state index is 13.6. The Hall–Kier alpha value is -2.78. The maximum absolute atomic E-state index is 13.6. The zero-order valence-corrected chi connectivity index (χ0v) is 22.8. The molecule has 8 nitrogen and oxygen atoms in total. The summed E-state index contributed by atoms with van der Waals surface area (Å²) in [5.74, 6) is -0.261. The maximum Gasteiger partial charge on any atom is 0.244 e. The minimum Gasteiger partial charge on any atom is -0.497 e. The Balaban J connectivity index is 2.45. The largest absolute Gasteiger partial charge is 0.497 e. The number of hydrogen-bond acceptors (Lipinski definition) is 5. The van der Waals surface area contributed by atoms with Gasteiger partial charge >= 0.3 is 0 Å². The van der Waals surface area contributed by atoms with Gasteiger partial charge in [0.2, 0.25) is 21.8 Å². The van der Waals surface area contributed by atoms with E-state index in [1.165, 1.54) is 4.90 Å². The van der Waals surface area contributed by atoms with Gasteiger partial charge in [0, 0.05) is 17.1 Å². The van der Waals surface area contributed by atoms with Gasteiger partial charge in [0.05, 0.1) is 19.1 Å². The third-order valence-electron chi connectivity index (χ3n) is 5.26. The van der Waals surface area contributed by atoms with Crippen molar-refractivity contribution in [3.63, 3.8) is 0 Å². The first-order valence-electron chi connectivity index (χ1n) is 11.1. The highest BCUT2D eigenvalue weighted by molar-refractivity contribution is 7.92. The molecule has 0 saturated carbocycles. The molecule has 0 heterocycles. The van der Waals surface area contributed by atoms with Crippen LogP contribution in [0.25, 0.3) is 0 Å². The van der Waals surface area contributed by atoms with Crippen molar-refractivity contribution in [3.05, 3.63) is 58.6 Å². The molecule has 0 radical (unpaired) electrons. The summed E-state index contributed by atoms with van der Waals surface area (Å²) < 4.78 is 31.7. The molecule has 0 fully saturated rings. The number of nitrogens with one attached hydrogen (secondary N) is 1. The van der Waals surface area contributed by atoms with Crippen LogP contribution >= 0.6 is 11.6 Å². The normalized spacial score (nSPS) is 12.6. The number of nitrogens with zero attached hydrogens (tertiary/aromatic N) is 2. The number of aryl methyl sites for hydroxylation is 1. The fraction of sp³-hybridized carbons (Fsp3) is 0.440. The Morgan fingerprint density at radius 2 is 1.80 bits per heavy atom. The van der Waals surface area contributed by atoms with Crippen molar-refractivity contribution in [2.24, 2.45) is 0 Å². The minimum absolute atomic E-state index is 0.0893. The van der Waals surface area contributed by atoms with E-state index in [-0.39, 0.29) is 12.5 Å². The molecule has 35 heavy (non-hydrogen) atoms. The number of carbonyl (C=O) groups excluding carboxylic acids is 2. The Bertz CT molecular complexity index is 1180. The number of anilines is 1. The van der Waals surface area contributed by atoms with E-state index in [2.05, 4.69) is 5.32 Å². The molecule has 0 saturated heterocycles. The van der Waals surface area contributed by atoms with E-state index in [4.69, 9.17) is 16.3 Å². The first-order valence-corrected chi connectivity index (χ1v) is 13.3. The van der Waals surface area contributed by atoms with Crippen LogP contribution in [0.4, 0.5) is 5.69 Å². The molecule has 2 rings (SSSR count). The van der Waals surface area contributed by atoms with Gasteiger partial charge in [0.25, 0.3) is 0 Å². The van der Waals surface area contributed by atoms with Crippen molar-refractivity contribution in [2.75, 3.05) is 24.2 Å². The lowest BCUT2D eigenvalue weighted by molar-refractivity contribution is -0.140. The van der Waals surface area contributed by atoms with Gasteiger partial charge in [-0.1, -0.05) is 23.7 Å². The highest BCUT2D eigenvalue weighted by atomic mass is 35.5. The SMILES string of the molecule is COc1cccc(CN(C(=O)CN(c2ccc(Cl)cc2C)S(C)(=O)=O)C(C)C(=O)NC(C)(C)C)c1. The van der Waals surface area contributed by atoms with E-state index in [1.54, 1.807) is 57.4 Å². The van der Waals surface area contributed by atoms with Crippen molar-refractivity contribution in [3.8, 4) is 5.75 Å². The number of ether oxygens (including phenoxy) is 1. The molecule has 2 aromatic carbocycles. The first-order chi connectivity index (χ1) is 16.1. The average molecular weight is 524 g/mol. The van der Waals surface area contributed by atoms with E-state index in [1.807, 2.05) is 26.8 Å². The second kappa shape index (κ2) is 11.3. The lowest BCUT2D eigenvalue weighted by atomic mass is 10.1. The molecule has 2 amide bonds. The molecule has 0 aliphatic carbocycles. The topological polar surface area (TPSA) is 96.0 Å². The quantitative estimate of drug-likeness (QED) is 0.540. The van der Waals surface area contributed by atoms with E-state index < -0.39 is 34.1 Å². The summed E-state index contributed by atoms with van der Waals surface area (Å²) in [5.41, 5.74) is 1.18. The van der Waals surface area contributed by atoms with Gasteiger partial charge in [-0.2, -0.15) is 0 Å². The summed E-state index contributed by atoms with van der Waals surface area (Å²) in [6.07, 6.45) is 1.04. The van der Waals surface area contributed by atoms with Crippen LogP contribution in [-0.2, 0) is 26.2 Å². The van der Waals surface area contributed by atoms with Gasteiger partial charge in [-0.3, -0.25) is 13.9 Å². The molecule has 1 unspecified atom stereocenters. The van der Waals surface area contributed by atoms with Gasteiger partial charge in [0.15, 0.2) is 0 Å². The van der Waals surface area contributed by atoms with E-state index in [0.717, 1.165) is 16.1 Å². The number of rotatable bonds is 9. The molecule has 10 heteroatoms. The molecule has 0 aromatic heterocycles. The Kier molecular flexibility index (Phi) is 9.19. The second-order valence-corrected chi connectivity index (χ2v) is 11.8. The van der Waals surface area contributed by atoms with Crippen molar-refractivity contribution in [1.82, 2.24) is 10.2 Å². The molecular formula is C25H34ClN3O5S. The number of carbonyl (C=O) groups is 2. The molecule has 0 aliphatic heterocycles. The van der Waals surface area contributed by atoms with E-state index >= 15 is 0 Å².